The first kappa shape index (κ1) is 22.3. The molecule has 0 unspecified atom stereocenters. The standard InChI is InChI=1S/C20H21N5O5/c1-3-29-18(27)12-30-16-5-4-13(9-17(16)28-2)8-14(10-21)19-15(11-22)20(23)25(24-19)6-7-26/h4-5,8-9,26H,3,6-7,12,23H2,1-2H3. The number of carbonyl (C=O) groups is 1. The Balaban J connectivity index is 2.37. The Labute approximate surface area is 173 Å². The number of nitrogens with zero attached hydrogens (tertiary/aromatic N) is 4. The summed E-state index contributed by atoms with van der Waals surface area (Å²) in [6.45, 7) is 1.57. The summed E-state index contributed by atoms with van der Waals surface area (Å²) in [4.78, 5) is 11.5. The summed E-state index contributed by atoms with van der Waals surface area (Å²) in [6, 6.07) is 8.80. The average molecular weight is 411 g/mol. The van der Waals surface area contributed by atoms with Crippen molar-refractivity contribution in [2.45, 2.75) is 13.5 Å². The number of rotatable bonds is 9. The highest BCUT2D eigenvalue weighted by Crippen LogP contribution is 2.30. The van der Waals surface area contributed by atoms with E-state index in [0.29, 0.717) is 17.1 Å². The number of allylic oxidation sites excluding steroid dienone is 1. The van der Waals surface area contributed by atoms with E-state index in [-0.39, 0.29) is 49.0 Å². The molecular weight excluding hydrogens is 390 g/mol. The van der Waals surface area contributed by atoms with Gasteiger partial charge in [0.05, 0.1) is 32.4 Å². The first-order chi connectivity index (χ1) is 14.5. The van der Waals surface area contributed by atoms with Crippen LogP contribution in [0.25, 0.3) is 11.6 Å². The molecule has 0 spiro atoms. The first-order valence-electron chi connectivity index (χ1n) is 8.94. The highest BCUT2D eigenvalue weighted by atomic mass is 16.6. The fraction of sp³-hybridized carbons (Fsp3) is 0.300. The summed E-state index contributed by atoms with van der Waals surface area (Å²) in [7, 11) is 1.44. The van der Waals surface area contributed by atoms with Crippen LogP contribution >= 0.6 is 0 Å². The number of nitriles is 2. The van der Waals surface area contributed by atoms with E-state index in [4.69, 9.17) is 25.1 Å². The van der Waals surface area contributed by atoms with E-state index in [0.717, 1.165) is 0 Å². The molecule has 0 atom stereocenters. The van der Waals surface area contributed by atoms with Crippen LogP contribution in [0.5, 0.6) is 11.5 Å². The van der Waals surface area contributed by atoms with Gasteiger partial charge in [0.25, 0.3) is 0 Å². The Bertz CT molecular complexity index is 1030. The number of hydrogen-bond donors (Lipinski definition) is 2. The van der Waals surface area contributed by atoms with Crippen LogP contribution in [-0.4, -0.2) is 47.8 Å². The van der Waals surface area contributed by atoms with Gasteiger partial charge >= 0.3 is 5.97 Å². The Morgan fingerprint density at radius 3 is 2.73 bits per heavy atom. The van der Waals surface area contributed by atoms with Crippen LogP contribution in [0.4, 0.5) is 5.82 Å². The number of anilines is 1. The lowest BCUT2D eigenvalue weighted by Gasteiger charge is -2.11. The first-order valence-corrected chi connectivity index (χ1v) is 8.94. The van der Waals surface area contributed by atoms with Gasteiger partial charge in [0.2, 0.25) is 0 Å². The van der Waals surface area contributed by atoms with Gasteiger partial charge in [-0.05, 0) is 30.7 Å². The van der Waals surface area contributed by atoms with Crippen molar-refractivity contribution >= 4 is 23.4 Å². The minimum absolute atomic E-state index is 0.0533. The molecule has 156 valence electrons. The van der Waals surface area contributed by atoms with Gasteiger partial charge in [0.15, 0.2) is 18.1 Å². The van der Waals surface area contributed by atoms with Crippen molar-refractivity contribution in [3.8, 4) is 23.6 Å². The Hall–Kier alpha value is -4.02. The number of nitrogen functional groups attached to an aromatic ring is 1. The van der Waals surface area contributed by atoms with Gasteiger partial charge in [-0.15, -0.1) is 0 Å². The molecule has 10 heteroatoms. The lowest BCUT2D eigenvalue weighted by atomic mass is 10.1. The molecule has 0 amide bonds. The van der Waals surface area contributed by atoms with Crippen molar-refractivity contribution in [1.29, 1.82) is 10.5 Å². The molecule has 30 heavy (non-hydrogen) atoms. The number of aliphatic hydroxyl groups excluding tert-OH is 1. The molecule has 2 aromatic rings. The summed E-state index contributed by atoms with van der Waals surface area (Å²) in [5.74, 6) is 0.241. The summed E-state index contributed by atoms with van der Waals surface area (Å²) < 4.78 is 16.8. The highest BCUT2D eigenvalue weighted by molar-refractivity contribution is 5.91. The molecular formula is C20H21N5O5. The molecule has 1 aromatic heterocycles. The minimum Gasteiger partial charge on any atom is -0.493 e. The smallest absolute Gasteiger partial charge is 0.344 e. The summed E-state index contributed by atoms with van der Waals surface area (Å²) in [5, 5.41) is 32.3. The van der Waals surface area contributed by atoms with Gasteiger partial charge in [-0.1, -0.05) is 6.07 Å². The van der Waals surface area contributed by atoms with Gasteiger partial charge in [-0.2, -0.15) is 15.6 Å². The van der Waals surface area contributed by atoms with Gasteiger partial charge < -0.3 is 25.1 Å². The van der Waals surface area contributed by atoms with Gasteiger partial charge in [-0.25, -0.2) is 9.48 Å². The van der Waals surface area contributed by atoms with E-state index < -0.39 is 5.97 Å². The van der Waals surface area contributed by atoms with Crippen LogP contribution in [0.3, 0.4) is 0 Å². The molecule has 1 heterocycles. The van der Waals surface area contributed by atoms with Crippen molar-refractivity contribution in [3.63, 3.8) is 0 Å². The number of nitrogens with two attached hydrogens (primary N) is 1. The number of aliphatic hydroxyl groups is 1. The Morgan fingerprint density at radius 1 is 1.37 bits per heavy atom. The quantitative estimate of drug-likeness (QED) is 0.459. The number of methoxy groups -OCH3 is 1. The maximum atomic E-state index is 11.5. The van der Waals surface area contributed by atoms with Gasteiger partial charge in [-0.3, -0.25) is 0 Å². The number of ether oxygens (including phenoxy) is 3. The molecule has 1 aromatic carbocycles. The Kier molecular flexibility index (Phi) is 7.80. The van der Waals surface area contributed by atoms with Crippen LogP contribution in [-0.2, 0) is 16.1 Å². The molecule has 0 saturated carbocycles. The number of aromatic nitrogens is 2. The average Bonchev–Trinajstić information content (AvgIpc) is 3.06. The van der Waals surface area contributed by atoms with Crippen molar-refractivity contribution < 1.29 is 24.1 Å². The predicted molar refractivity (Wildman–Crippen MR) is 107 cm³/mol. The second-order valence-electron chi connectivity index (χ2n) is 5.84. The molecule has 0 radical (unpaired) electrons. The third-order valence-corrected chi connectivity index (χ3v) is 3.94. The van der Waals surface area contributed by atoms with E-state index >= 15 is 0 Å². The monoisotopic (exact) mass is 411 g/mol. The molecule has 0 aliphatic rings. The van der Waals surface area contributed by atoms with E-state index in [9.17, 15) is 15.3 Å². The summed E-state index contributed by atoms with van der Waals surface area (Å²) in [6.07, 6.45) is 1.52. The molecule has 0 fully saturated rings. The fourth-order valence-electron chi connectivity index (χ4n) is 2.59. The zero-order valence-corrected chi connectivity index (χ0v) is 16.6. The summed E-state index contributed by atoms with van der Waals surface area (Å²) in [5.41, 5.74) is 6.74. The molecule has 2 rings (SSSR count). The Morgan fingerprint density at radius 2 is 2.13 bits per heavy atom. The molecule has 10 nitrogen and oxygen atoms in total. The normalized spacial score (nSPS) is 10.8. The number of hydrogen-bond acceptors (Lipinski definition) is 9. The van der Waals surface area contributed by atoms with E-state index in [1.54, 1.807) is 25.1 Å². The molecule has 0 bridgehead atoms. The second kappa shape index (κ2) is 10.5. The van der Waals surface area contributed by atoms with Crippen LogP contribution < -0.4 is 15.2 Å². The molecule has 3 N–H and O–H groups in total. The minimum atomic E-state index is -0.504. The summed E-state index contributed by atoms with van der Waals surface area (Å²) >= 11 is 0. The van der Waals surface area contributed by atoms with Crippen molar-refractivity contribution in [2.75, 3.05) is 32.7 Å². The lowest BCUT2D eigenvalue weighted by molar-refractivity contribution is -0.145. The van der Waals surface area contributed by atoms with E-state index in [1.807, 2.05) is 12.1 Å². The largest absolute Gasteiger partial charge is 0.493 e. The number of carbonyl (C=O) groups excluding carboxylic acids is 1. The van der Waals surface area contributed by atoms with Crippen LogP contribution in [0.15, 0.2) is 18.2 Å². The third kappa shape index (κ3) is 5.07. The molecule has 0 aliphatic carbocycles. The van der Waals surface area contributed by atoms with Crippen LogP contribution in [0.1, 0.15) is 23.7 Å². The third-order valence-electron chi connectivity index (χ3n) is 3.94. The number of esters is 1. The molecule has 0 aliphatic heterocycles. The maximum Gasteiger partial charge on any atom is 0.344 e. The zero-order chi connectivity index (χ0) is 22.1. The van der Waals surface area contributed by atoms with Crippen molar-refractivity contribution in [1.82, 2.24) is 9.78 Å². The fourth-order valence-corrected chi connectivity index (χ4v) is 2.59. The van der Waals surface area contributed by atoms with Crippen LogP contribution in [0, 0.1) is 22.7 Å². The van der Waals surface area contributed by atoms with Gasteiger partial charge in [0.1, 0.15) is 29.2 Å². The topological polar surface area (TPSA) is 156 Å². The highest BCUT2D eigenvalue weighted by Gasteiger charge is 2.19. The maximum absolute atomic E-state index is 11.5. The lowest BCUT2D eigenvalue weighted by Crippen LogP contribution is -2.14. The molecule has 0 saturated heterocycles. The van der Waals surface area contributed by atoms with Crippen molar-refractivity contribution in [2.24, 2.45) is 0 Å². The van der Waals surface area contributed by atoms with Crippen LogP contribution in [0.2, 0.25) is 0 Å². The number of benzene rings is 1. The van der Waals surface area contributed by atoms with E-state index in [2.05, 4.69) is 5.10 Å². The van der Waals surface area contributed by atoms with Gasteiger partial charge in [0, 0.05) is 0 Å². The van der Waals surface area contributed by atoms with Crippen molar-refractivity contribution in [3.05, 3.63) is 35.0 Å². The van der Waals surface area contributed by atoms with E-state index in [1.165, 1.54) is 17.9 Å². The zero-order valence-electron chi connectivity index (χ0n) is 16.6. The predicted octanol–water partition coefficient (Wildman–Crippen LogP) is 1.34. The second-order valence-corrected chi connectivity index (χ2v) is 5.84. The SMILES string of the molecule is CCOC(=O)COc1ccc(C=C(C#N)c2nn(CCO)c(N)c2C#N)cc1OC.